The number of para-hydroxylation sites is 1. The number of methoxy groups -OCH3 is 1. The lowest BCUT2D eigenvalue weighted by molar-refractivity contribution is 0.416. The van der Waals surface area contributed by atoms with Gasteiger partial charge in [0.05, 0.1) is 25.4 Å². The summed E-state index contributed by atoms with van der Waals surface area (Å²) >= 11 is 0. The van der Waals surface area contributed by atoms with Crippen LogP contribution in [0.25, 0.3) is 11.1 Å². The average molecular weight is 310 g/mol. The number of anilines is 1. The molecule has 118 valence electrons. The first-order chi connectivity index (χ1) is 11.1. The molecule has 2 aromatic heterocycles. The molecule has 0 aliphatic heterocycles. The van der Waals surface area contributed by atoms with Gasteiger partial charge in [0.2, 0.25) is 5.95 Å². The van der Waals surface area contributed by atoms with E-state index >= 15 is 0 Å². The van der Waals surface area contributed by atoms with Crippen molar-refractivity contribution < 1.29 is 4.74 Å². The standard InChI is InChI=1S/C17H18N4O2/c1-11-9-19-17(18)21(11)10-12-7-8-14(16(22)20-12)13-5-3-4-6-15(13)23-2/h3-9H,10H2,1-2H3,(H2,18,19)(H,20,22). The van der Waals surface area contributed by atoms with Crippen molar-refractivity contribution in [3.63, 3.8) is 0 Å². The van der Waals surface area contributed by atoms with Crippen LogP contribution in [0.2, 0.25) is 0 Å². The molecule has 0 radical (unpaired) electrons. The van der Waals surface area contributed by atoms with Gasteiger partial charge in [-0.05, 0) is 25.1 Å². The maximum absolute atomic E-state index is 12.4. The molecule has 1 aromatic carbocycles. The summed E-state index contributed by atoms with van der Waals surface area (Å²) in [6, 6.07) is 11.1. The third-order valence-electron chi connectivity index (χ3n) is 3.78. The Morgan fingerprint density at radius 2 is 2.00 bits per heavy atom. The van der Waals surface area contributed by atoms with Crippen LogP contribution in [0.3, 0.4) is 0 Å². The van der Waals surface area contributed by atoms with Gasteiger partial charge < -0.3 is 20.0 Å². The van der Waals surface area contributed by atoms with Gasteiger partial charge in [-0.3, -0.25) is 4.79 Å². The van der Waals surface area contributed by atoms with Crippen LogP contribution in [0.5, 0.6) is 5.75 Å². The highest BCUT2D eigenvalue weighted by Gasteiger charge is 2.10. The molecule has 23 heavy (non-hydrogen) atoms. The molecule has 0 aliphatic rings. The molecule has 6 heteroatoms. The number of nitrogens with two attached hydrogens (primary N) is 1. The summed E-state index contributed by atoms with van der Waals surface area (Å²) < 4.78 is 7.16. The monoisotopic (exact) mass is 310 g/mol. The molecule has 0 unspecified atom stereocenters. The summed E-state index contributed by atoms with van der Waals surface area (Å²) in [5.41, 5.74) is 8.71. The van der Waals surface area contributed by atoms with E-state index in [9.17, 15) is 4.79 Å². The van der Waals surface area contributed by atoms with Gasteiger partial charge in [0.1, 0.15) is 5.75 Å². The minimum Gasteiger partial charge on any atom is -0.496 e. The second-order valence-corrected chi connectivity index (χ2v) is 5.27. The van der Waals surface area contributed by atoms with E-state index in [2.05, 4.69) is 9.97 Å². The second kappa shape index (κ2) is 6.00. The second-order valence-electron chi connectivity index (χ2n) is 5.27. The predicted octanol–water partition coefficient (Wildman–Crippen LogP) is 2.19. The number of hydrogen-bond donors (Lipinski definition) is 2. The first kappa shape index (κ1) is 14.9. The fourth-order valence-corrected chi connectivity index (χ4v) is 2.54. The van der Waals surface area contributed by atoms with Gasteiger partial charge in [-0.15, -0.1) is 0 Å². The third-order valence-corrected chi connectivity index (χ3v) is 3.78. The van der Waals surface area contributed by atoms with Gasteiger partial charge >= 0.3 is 0 Å². The zero-order chi connectivity index (χ0) is 16.4. The van der Waals surface area contributed by atoms with Crippen LogP contribution in [0.4, 0.5) is 5.95 Å². The van der Waals surface area contributed by atoms with Crippen molar-refractivity contribution in [1.29, 1.82) is 0 Å². The number of H-pyrrole nitrogens is 1. The van der Waals surface area contributed by atoms with Crippen LogP contribution in [-0.2, 0) is 6.54 Å². The van der Waals surface area contributed by atoms with Gasteiger partial charge in [-0.25, -0.2) is 4.98 Å². The smallest absolute Gasteiger partial charge is 0.256 e. The van der Waals surface area contributed by atoms with Crippen molar-refractivity contribution in [3.8, 4) is 16.9 Å². The first-order valence-corrected chi connectivity index (χ1v) is 7.23. The largest absolute Gasteiger partial charge is 0.496 e. The highest BCUT2D eigenvalue weighted by Crippen LogP contribution is 2.26. The van der Waals surface area contributed by atoms with Crippen molar-refractivity contribution >= 4 is 5.95 Å². The van der Waals surface area contributed by atoms with Crippen LogP contribution < -0.4 is 16.0 Å². The molecular formula is C17H18N4O2. The van der Waals surface area contributed by atoms with Crippen LogP contribution in [-0.4, -0.2) is 21.6 Å². The maximum atomic E-state index is 12.4. The molecule has 3 rings (SSSR count). The van der Waals surface area contributed by atoms with Gasteiger partial charge in [0.25, 0.3) is 5.56 Å². The Bertz CT molecular complexity index is 876. The fourth-order valence-electron chi connectivity index (χ4n) is 2.54. The molecule has 3 N–H and O–H groups in total. The summed E-state index contributed by atoms with van der Waals surface area (Å²) in [6.45, 7) is 2.39. The number of pyridine rings is 1. The zero-order valence-electron chi connectivity index (χ0n) is 13.0. The number of ether oxygens (including phenoxy) is 1. The molecule has 0 saturated carbocycles. The van der Waals surface area contributed by atoms with Crippen molar-refractivity contribution in [1.82, 2.24) is 14.5 Å². The van der Waals surface area contributed by atoms with E-state index in [1.165, 1.54) is 0 Å². The molecule has 0 bridgehead atoms. The van der Waals surface area contributed by atoms with Gasteiger partial charge in [-0.2, -0.15) is 0 Å². The fraction of sp³-hybridized carbons (Fsp3) is 0.176. The first-order valence-electron chi connectivity index (χ1n) is 7.23. The molecule has 0 aliphatic carbocycles. The van der Waals surface area contributed by atoms with Crippen molar-refractivity contribution in [3.05, 3.63) is 64.3 Å². The van der Waals surface area contributed by atoms with Crippen LogP contribution in [0.1, 0.15) is 11.4 Å². The van der Waals surface area contributed by atoms with E-state index in [0.717, 1.165) is 17.0 Å². The quantitative estimate of drug-likeness (QED) is 0.773. The Morgan fingerprint density at radius 3 is 2.65 bits per heavy atom. The van der Waals surface area contributed by atoms with Crippen molar-refractivity contribution in [2.24, 2.45) is 0 Å². The Labute approximate surface area is 133 Å². The Hall–Kier alpha value is -3.02. The van der Waals surface area contributed by atoms with Gasteiger partial charge in [0, 0.05) is 17.0 Å². The zero-order valence-corrected chi connectivity index (χ0v) is 13.0. The van der Waals surface area contributed by atoms with E-state index in [1.54, 1.807) is 19.4 Å². The molecule has 0 amide bonds. The summed E-state index contributed by atoms with van der Waals surface area (Å²) in [4.78, 5) is 19.4. The molecule has 0 atom stereocenters. The molecule has 3 aromatic rings. The Kier molecular flexibility index (Phi) is 3.89. The molecule has 0 spiro atoms. The number of aromatic amines is 1. The minimum atomic E-state index is -0.164. The molecule has 6 nitrogen and oxygen atoms in total. The number of benzene rings is 1. The lowest BCUT2D eigenvalue weighted by Gasteiger charge is -2.10. The predicted molar refractivity (Wildman–Crippen MR) is 89.5 cm³/mol. The number of aromatic nitrogens is 3. The van der Waals surface area contributed by atoms with Crippen LogP contribution >= 0.6 is 0 Å². The molecule has 0 saturated heterocycles. The third kappa shape index (κ3) is 2.83. The lowest BCUT2D eigenvalue weighted by Crippen LogP contribution is -2.15. The molecular weight excluding hydrogens is 292 g/mol. The van der Waals surface area contributed by atoms with Crippen LogP contribution in [0.15, 0.2) is 47.4 Å². The topological polar surface area (TPSA) is 85.9 Å². The van der Waals surface area contributed by atoms with E-state index < -0.39 is 0 Å². The number of nitrogen functional groups attached to an aromatic ring is 1. The summed E-state index contributed by atoms with van der Waals surface area (Å²) in [5, 5.41) is 0. The number of nitrogens with zero attached hydrogens (tertiary/aromatic N) is 2. The van der Waals surface area contributed by atoms with E-state index in [1.807, 2.05) is 41.8 Å². The maximum Gasteiger partial charge on any atom is 0.256 e. The van der Waals surface area contributed by atoms with Crippen molar-refractivity contribution in [2.75, 3.05) is 12.8 Å². The SMILES string of the molecule is COc1ccccc1-c1ccc(Cn2c(C)cnc2N)[nH]c1=O. The van der Waals surface area contributed by atoms with Gasteiger partial charge in [-0.1, -0.05) is 18.2 Å². The Morgan fingerprint density at radius 1 is 1.22 bits per heavy atom. The van der Waals surface area contributed by atoms with E-state index in [4.69, 9.17) is 10.5 Å². The normalized spacial score (nSPS) is 10.7. The summed E-state index contributed by atoms with van der Waals surface area (Å²) in [7, 11) is 1.59. The lowest BCUT2D eigenvalue weighted by atomic mass is 10.1. The van der Waals surface area contributed by atoms with Gasteiger partial charge in [0.15, 0.2) is 0 Å². The number of aryl methyl sites for hydroxylation is 1. The summed E-state index contributed by atoms with van der Waals surface area (Å²) in [5.74, 6) is 1.10. The molecule has 0 fully saturated rings. The highest BCUT2D eigenvalue weighted by molar-refractivity contribution is 5.69. The van der Waals surface area contributed by atoms with Crippen LogP contribution in [0, 0.1) is 6.92 Å². The van der Waals surface area contributed by atoms with Crippen molar-refractivity contribution in [2.45, 2.75) is 13.5 Å². The Balaban J connectivity index is 1.97. The number of hydrogen-bond acceptors (Lipinski definition) is 4. The molecule has 2 heterocycles. The average Bonchev–Trinajstić information content (AvgIpc) is 2.87. The minimum absolute atomic E-state index is 0.164. The summed E-state index contributed by atoms with van der Waals surface area (Å²) in [6.07, 6.45) is 1.71. The highest BCUT2D eigenvalue weighted by atomic mass is 16.5. The van der Waals surface area contributed by atoms with E-state index in [-0.39, 0.29) is 5.56 Å². The number of imidazole rings is 1. The number of nitrogens with one attached hydrogen (secondary N) is 1. The number of rotatable bonds is 4. The van der Waals surface area contributed by atoms with E-state index in [0.29, 0.717) is 23.8 Å².